The average molecular weight is 532 g/mol. The second-order valence-electron chi connectivity index (χ2n) is 10.8. The fourth-order valence-electron chi connectivity index (χ4n) is 5.57. The minimum atomic E-state index is -0.318. The minimum Gasteiger partial charge on any atom is -0.474 e. The van der Waals surface area contributed by atoms with E-state index in [0.29, 0.717) is 35.0 Å². The molecule has 1 amide bonds. The summed E-state index contributed by atoms with van der Waals surface area (Å²) in [7, 11) is 0. The lowest BCUT2D eigenvalue weighted by atomic mass is 9.96. The van der Waals surface area contributed by atoms with E-state index in [4.69, 9.17) is 29.3 Å². The van der Waals surface area contributed by atoms with Crippen molar-refractivity contribution < 1.29 is 19.0 Å². The molecule has 11 heteroatoms. The monoisotopic (exact) mass is 531 g/mol. The Kier molecular flexibility index (Phi) is 6.40. The summed E-state index contributed by atoms with van der Waals surface area (Å²) >= 11 is 0. The summed E-state index contributed by atoms with van der Waals surface area (Å²) in [5.74, 6) is -0.00583. The van der Waals surface area contributed by atoms with Crippen molar-refractivity contribution in [3.05, 3.63) is 41.5 Å². The molecule has 2 saturated heterocycles. The smallest absolute Gasteiger partial charge is 0.261 e. The van der Waals surface area contributed by atoms with E-state index in [1.165, 1.54) is 0 Å². The molecule has 0 spiro atoms. The predicted octanol–water partition coefficient (Wildman–Crippen LogP) is 4.56. The zero-order valence-corrected chi connectivity index (χ0v) is 22.1. The highest BCUT2D eigenvalue weighted by Gasteiger charge is 2.27. The van der Waals surface area contributed by atoms with Crippen molar-refractivity contribution in [2.75, 3.05) is 25.1 Å². The summed E-state index contributed by atoms with van der Waals surface area (Å²) in [5, 5.41) is 13.0. The molecule has 0 aromatic carbocycles. The molecule has 3 fully saturated rings. The van der Waals surface area contributed by atoms with Crippen LogP contribution in [0.1, 0.15) is 85.1 Å². The van der Waals surface area contributed by atoms with Gasteiger partial charge in [0.05, 0.1) is 24.9 Å². The van der Waals surface area contributed by atoms with Gasteiger partial charge in [0.2, 0.25) is 5.88 Å². The lowest BCUT2D eigenvalue weighted by Gasteiger charge is -2.26. The van der Waals surface area contributed by atoms with Gasteiger partial charge in [0.15, 0.2) is 11.3 Å². The van der Waals surface area contributed by atoms with Crippen LogP contribution in [0.5, 0.6) is 5.88 Å². The number of rotatable bonds is 6. The van der Waals surface area contributed by atoms with Crippen LogP contribution >= 0.6 is 0 Å². The number of carbonyl (C=O) groups is 1. The quantitative estimate of drug-likeness (QED) is 0.385. The van der Waals surface area contributed by atoms with Crippen molar-refractivity contribution >= 4 is 28.3 Å². The maximum Gasteiger partial charge on any atom is 0.261 e. The van der Waals surface area contributed by atoms with E-state index in [2.05, 4.69) is 10.4 Å². The average Bonchev–Trinajstić information content (AvgIpc) is 3.54. The number of hydrogen-bond acceptors (Lipinski definition) is 8. The largest absolute Gasteiger partial charge is 0.474 e. The number of hydrogen-bond donors (Lipinski definition) is 1. The van der Waals surface area contributed by atoms with Crippen LogP contribution in [-0.2, 0) is 9.47 Å². The number of ether oxygens (including phenoxy) is 3. The van der Waals surface area contributed by atoms with Crippen LogP contribution in [-0.4, -0.2) is 61.2 Å². The number of nitrogens with zero attached hydrogens (tertiary/aromatic N) is 6. The van der Waals surface area contributed by atoms with Crippen LogP contribution in [0.15, 0.2) is 24.7 Å². The molecule has 6 heterocycles. The van der Waals surface area contributed by atoms with E-state index >= 15 is 0 Å². The zero-order chi connectivity index (χ0) is 26.3. The van der Waals surface area contributed by atoms with Gasteiger partial charge in [-0.2, -0.15) is 15.2 Å². The molecule has 1 unspecified atom stereocenters. The first-order valence-corrected chi connectivity index (χ1v) is 14.0. The number of anilines is 1. The van der Waals surface area contributed by atoms with Crippen molar-refractivity contribution in [3.63, 3.8) is 0 Å². The van der Waals surface area contributed by atoms with Gasteiger partial charge in [0.25, 0.3) is 5.91 Å². The van der Waals surface area contributed by atoms with Crippen LogP contribution in [0.3, 0.4) is 0 Å². The molecule has 1 saturated carbocycles. The first kappa shape index (κ1) is 24.5. The van der Waals surface area contributed by atoms with E-state index in [0.717, 1.165) is 81.2 Å². The van der Waals surface area contributed by atoms with Crippen molar-refractivity contribution in [1.82, 2.24) is 29.4 Å². The van der Waals surface area contributed by atoms with E-state index in [-0.39, 0.29) is 24.2 Å². The molecule has 0 radical (unpaired) electrons. The van der Waals surface area contributed by atoms with Gasteiger partial charge in [-0.25, -0.2) is 9.50 Å². The lowest BCUT2D eigenvalue weighted by Crippen LogP contribution is -2.26. The second kappa shape index (κ2) is 10.2. The van der Waals surface area contributed by atoms with Crippen molar-refractivity contribution in [2.24, 2.45) is 0 Å². The number of fused-ring (bicyclic) bond motifs is 2. The van der Waals surface area contributed by atoms with Gasteiger partial charge in [-0.1, -0.05) is 0 Å². The molecule has 204 valence electrons. The molecule has 1 N–H and O–H groups in total. The third-order valence-electron chi connectivity index (χ3n) is 8.06. The van der Waals surface area contributed by atoms with Gasteiger partial charge in [0, 0.05) is 42.3 Å². The van der Waals surface area contributed by atoms with Gasteiger partial charge < -0.3 is 19.5 Å². The number of aromatic nitrogens is 6. The fourth-order valence-corrected chi connectivity index (χ4v) is 5.57. The molecule has 7 rings (SSSR count). The predicted molar refractivity (Wildman–Crippen MR) is 143 cm³/mol. The Hall–Kier alpha value is -3.57. The van der Waals surface area contributed by atoms with E-state index < -0.39 is 0 Å². The summed E-state index contributed by atoms with van der Waals surface area (Å²) in [4.78, 5) is 23.1. The van der Waals surface area contributed by atoms with E-state index in [1.807, 2.05) is 30.1 Å². The summed E-state index contributed by atoms with van der Waals surface area (Å²) in [6.45, 7) is 4.15. The Balaban J connectivity index is 1.19. The molecule has 0 bridgehead atoms. The number of carbonyl (C=O) groups excluding carboxylic acids is 1. The molecule has 4 aromatic rings. The van der Waals surface area contributed by atoms with Crippen LogP contribution in [0.2, 0.25) is 0 Å². The Morgan fingerprint density at radius 2 is 2.00 bits per heavy atom. The summed E-state index contributed by atoms with van der Waals surface area (Å²) < 4.78 is 21.4. The normalized spacial score (nSPS) is 22.2. The first-order valence-electron chi connectivity index (χ1n) is 14.0. The third-order valence-corrected chi connectivity index (χ3v) is 8.06. The van der Waals surface area contributed by atoms with Gasteiger partial charge in [-0.15, -0.1) is 0 Å². The molecular formula is C28H33N7O4. The summed E-state index contributed by atoms with van der Waals surface area (Å²) in [6, 6.07) is 1.99. The molecule has 1 aliphatic carbocycles. The van der Waals surface area contributed by atoms with Crippen molar-refractivity contribution in [3.8, 4) is 5.88 Å². The number of pyridine rings is 1. The van der Waals surface area contributed by atoms with Gasteiger partial charge in [-0.3, -0.25) is 9.48 Å². The Morgan fingerprint density at radius 1 is 1.08 bits per heavy atom. The third kappa shape index (κ3) is 4.74. The maximum absolute atomic E-state index is 13.7. The Bertz CT molecular complexity index is 1510. The highest BCUT2D eigenvalue weighted by atomic mass is 16.5. The lowest BCUT2D eigenvalue weighted by molar-refractivity contribution is 0.0140. The zero-order valence-electron chi connectivity index (χ0n) is 22.1. The standard InChI is InChI=1S/C28H33N7O4/c1-17-22(24-9-2-3-11-38-24)15-35-26(30-17)23(13-29-35)31-27(36)21-12-18-14-34(19-6-5-10-37-16-19)33-25(18)32-28(21)39-20-7-4-8-20/h12-15,19-20,24H,2-11,16H2,1H3,(H,31,36)/t19-,24?/m0/s1. The SMILES string of the molecule is Cc1nc2c(NC(=O)c3cc4cn([C@H]5CCCOC5)nc4nc3OC3CCC3)cnn2cc1C1CCCCO1. The molecule has 11 nitrogen and oxygen atoms in total. The summed E-state index contributed by atoms with van der Waals surface area (Å²) in [5.41, 5.74) is 3.97. The molecule has 4 aromatic heterocycles. The van der Waals surface area contributed by atoms with Gasteiger partial charge in [-0.05, 0) is 64.4 Å². The number of aryl methyl sites for hydroxylation is 1. The van der Waals surface area contributed by atoms with Gasteiger partial charge in [0.1, 0.15) is 17.4 Å². The van der Waals surface area contributed by atoms with Crippen LogP contribution < -0.4 is 10.1 Å². The van der Waals surface area contributed by atoms with E-state index in [1.54, 1.807) is 10.7 Å². The molecule has 2 atom stereocenters. The molecular weight excluding hydrogens is 498 g/mol. The fraction of sp³-hybridized carbons (Fsp3) is 0.536. The first-order chi connectivity index (χ1) is 19.1. The van der Waals surface area contributed by atoms with Crippen LogP contribution in [0, 0.1) is 6.92 Å². The topological polar surface area (TPSA) is 118 Å². The second-order valence-corrected chi connectivity index (χ2v) is 10.8. The van der Waals surface area contributed by atoms with Crippen LogP contribution in [0.25, 0.3) is 16.7 Å². The summed E-state index contributed by atoms with van der Waals surface area (Å²) in [6.07, 6.45) is 13.9. The van der Waals surface area contributed by atoms with Crippen molar-refractivity contribution in [1.29, 1.82) is 0 Å². The van der Waals surface area contributed by atoms with Crippen LogP contribution in [0.4, 0.5) is 5.69 Å². The molecule has 39 heavy (non-hydrogen) atoms. The van der Waals surface area contributed by atoms with Crippen molar-refractivity contribution in [2.45, 2.75) is 76.5 Å². The highest BCUT2D eigenvalue weighted by molar-refractivity contribution is 6.08. The Morgan fingerprint density at radius 3 is 2.77 bits per heavy atom. The number of nitrogens with one attached hydrogen (secondary N) is 1. The molecule has 3 aliphatic rings. The Labute approximate surface area is 225 Å². The highest BCUT2D eigenvalue weighted by Crippen LogP contribution is 2.32. The molecule has 2 aliphatic heterocycles. The maximum atomic E-state index is 13.7. The minimum absolute atomic E-state index is 0.0306. The van der Waals surface area contributed by atoms with Gasteiger partial charge >= 0.3 is 0 Å². The number of amides is 1. The van der Waals surface area contributed by atoms with E-state index in [9.17, 15) is 4.79 Å².